The lowest BCUT2D eigenvalue weighted by Crippen LogP contribution is -2.38. The number of rotatable bonds is 7. The van der Waals surface area contributed by atoms with E-state index in [0.29, 0.717) is 24.5 Å². The zero-order valence-electron chi connectivity index (χ0n) is 17.7. The average molecular weight is 417 g/mol. The number of hydrogen-bond acceptors (Lipinski definition) is 6. The number of fused-ring (bicyclic) bond motifs is 1. The van der Waals surface area contributed by atoms with Crippen molar-refractivity contribution in [1.82, 2.24) is 20.0 Å². The second-order valence-corrected chi connectivity index (χ2v) is 8.20. The molecule has 8 heteroatoms. The highest BCUT2D eigenvalue weighted by Gasteiger charge is 2.25. The molecule has 2 fully saturated rings. The zero-order chi connectivity index (χ0) is 20.9. The van der Waals surface area contributed by atoms with E-state index in [1.807, 2.05) is 22.9 Å². The van der Waals surface area contributed by atoms with Crippen molar-refractivity contribution in [2.24, 2.45) is 5.92 Å². The molecule has 2 unspecified atom stereocenters. The lowest BCUT2D eigenvalue weighted by atomic mass is 9.86. The quantitative estimate of drug-likeness (QED) is 0.714. The van der Waals surface area contributed by atoms with Gasteiger partial charge in [0.15, 0.2) is 5.69 Å². The predicted molar refractivity (Wildman–Crippen MR) is 114 cm³/mol. The fraction of sp³-hybridized carbons (Fsp3) is 0.636. The van der Waals surface area contributed by atoms with Crippen LogP contribution < -0.4 is 10.1 Å². The molecule has 8 nitrogen and oxygen atoms in total. The van der Waals surface area contributed by atoms with Crippen molar-refractivity contribution in [3.63, 3.8) is 0 Å². The van der Waals surface area contributed by atoms with E-state index in [-0.39, 0.29) is 17.9 Å². The Labute approximate surface area is 177 Å². The normalized spacial score (nSPS) is 22.9. The second kappa shape index (κ2) is 9.76. The number of aliphatic hydroxyl groups is 1. The number of morpholine rings is 1. The number of carbonyl (C=O) groups is 1. The molecule has 164 valence electrons. The highest BCUT2D eigenvalue weighted by molar-refractivity contribution is 6.06. The van der Waals surface area contributed by atoms with Crippen molar-refractivity contribution < 1.29 is 19.4 Å². The van der Waals surface area contributed by atoms with Crippen LogP contribution in [0.2, 0.25) is 0 Å². The first kappa shape index (κ1) is 21.1. The van der Waals surface area contributed by atoms with E-state index in [1.54, 1.807) is 7.11 Å². The molecule has 4 rings (SSSR count). The molecular weight excluding hydrogens is 384 g/mol. The zero-order valence-corrected chi connectivity index (χ0v) is 17.7. The fourth-order valence-electron chi connectivity index (χ4n) is 4.49. The van der Waals surface area contributed by atoms with Crippen LogP contribution in [0.5, 0.6) is 5.75 Å². The van der Waals surface area contributed by atoms with E-state index in [2.05, 4.69) is 15.3 Å². The van der Waals surface area contributed by atoms with E-state index < -0.39 is 0 Å². The number of nitrogens with zero attached hydrogens (tertiary/aromatic N) is 3. The Bertz CT molecular complexity index is 862. The van der Waals surface area contributed by atoms with Crippen LogP contribution in [0.1, 0.15) is 36.2 Å². The van der Waals surface area contributed by atoms with Crippen molar-refractivity contribution in [1.29, 1.82) is 0 Å². The maximum atomic E-state index is 13.0. The number of aliphatic hydroxyl groups excluding tert-OH is 1. The molecule has 1 aromatic heterocycles. The Morgan fingerprint density at radius 2 is 2.07 bits per heavy atom. The third-order valence-corrected chi connectivity index (χ3v) is 6.29. The van der Waals surface area contributed by atoms with Gasteiger partial charge in [-0.15, -0.1) is 0 Å². The van der Waals surface area contributed by atoms with Gasteiger partial charge in [0.05, 0.1) is 33.0 Å². The molecule has 0 spiro atoms. The summed E-state index contributed by atoms with van der Waals surface area (Å²) in [5.41, 5.74) is 1.26. The first-order valence-corrected chi connectivity index (χ1v) is 11.0. The van der Waals surface area contributed by atoms with Gasteiger partial charge in [0.25, 0.3) is 5.91 Å². The molecule has 2 N–H and O–H groups in total. The summed E-state index contributed by atoms with van der Waals surface area (Å²) in [6, 6.07) is 5.70. The number of ether oxygens (including phenoxy) is 2. The lowest BCUT2D eigenvalue weighted by Gasteiger charge is -2.27. The molecular formula is C22H32N4O4. The number of carbonyl (C=O) groups excluding carboxylic acids is 1. The van der Waals surface area contributed by atoms with Crippen LogP contribution in [-0.4, -0.2) is 78.3 Å². The molecule has 1 aliphatic carbocycles. The van der Waals surface area contributed by atoms with Crippen LogP contribution in [0.25, 0.3) is 10.9 Å². The third-order valence-electron chi connectivity index (χ3n) is 6.29. The minimum atomic E-state index is -0.332. The molecule has 1 aliphatic heterocycles. The van der Waals surface area contributed by atoms with Gasteiger partial charge in [0.1, 0.15) is 11.3 Å². The SMILES string of the molecule is COc1cccc2c(C(=O)NCC3CCCCC3O)nn(CCN3CCOCC3)c12. The largest absolute Gasteiger partial charge is 0.494 e. The molecule has 2 atom stereocenters. The van der Waals surface area contributed by atoms with Gasteiger partial charge in [-0.1, -0.05) is 25.0 Å². The standard InChI is InChI=1S/C22H32N4O4/c1-29-19-8-4-6-17-20(22(28)23-15-16-5-2-3-7-18(16)27)24-26(21(17)19)10-9-25-11-13-30-14-12-25/h4,6,8,16,18,27H,2-3,5,7,9-15H2,1H3,(H,23,28). The Morgan fingerprint density at radius 3 is 2.83 bits per heavy atom. The second-order valence-electron chi connectivity index (χ2n) is 8.20. The molecule has 0 bridgehead atoms. The Hall–Kier alpha value is -2.16. The molecule has 2 aliphatic rings. The number of benzene rings is 1. The van der Waals surface area contributed by atoms with Gasteiger partial charge in [-0.3, -0.25) is 14.4 Å². The molecule has 1 amide bonds. The highest BCUT2D eigenvalue weighted by atomic mass is 16.5. The molecule has 0 radical (unpaired) electrons. The number of nitrogens with one attached hydrogen (secondary N) is 1. The number of amides is 1. The highest BCUT2D eigenvalue weighted by Crippen LogP contribution is 2.28. The Balaban J connectivity index is 1.52. The van der Waals surface area contributed by atoms with Crippen molar-refractivity contribution in [2.45, 2.75) is 38.3 Å². The summed E-state index contributed by atoms with van der Waals surface area (Å²) < 4.78 is 12.9. The first-order chi connectivity index (χ1) is 14.7. The molecule has 30 heavy (non-hydrogen) atoms. The summed E-state index contributed by atoms with van der Waals surface area (Å²) in [6.45, 7) is 5.32. The van der Waals surface area contributed by atoms with Crippen LogP contribution >= 0.6 is 0 Å². The topological polar surface area (TPSA) is 88.8 Å². The van der Waals surface area contributed by atoms with Crippen LogP contribution in [0, 0.1) is 5.92 Å². The van der Waals surface area contributed by atoms with E-state index in [1.165, 1.54) is 0 Å². The monoisotopic (exact) mass is 416 g/mol. The smallest absolute Gasteiger partial charge is 0.272 e. The van der Waals surface area contributed by atoms with Gasteiger partial charge in [-0.2, -0.15) is 5.10 Å². The maximum Gasteiger partial charge on any atom is 0.272 e. The van der Waals surface area contributed by atoms with E-state index in [9.17, 15) is 9.90 Å². The Morgan fingerprint density at radius 1 is 1.27 bits per heavy atom. The summed E-state index contributed by atoms with van der Waals surface area (Å²) in [7, 11) is 1.64. The Kier molecular flexibility index (Phi) is 6.86. The van der Waals surface area contributed by atoms with Gasteiger partial charge in [0.2, 0.25) is 0 Å². The summed E-state index contributed by atoms with van der Waals surface area (Å²) >= 11 is 0. The summed E-state index contributed by atoms with van der Waals surface area (Å²) in [4.78, 5) is 15.3. The number of methoxy groups -OCH3 is 1. The van der Waals surface area contributed by atoms with Gasteiger partial charge in [-0.05, 0) is 18.9 Å². The summed E-state index contributed by atoms with van der Waals surface area (Å²) in [6.07, 6.45) is 3.60. The maximum absolute atomic E-state index is 13.0. The average Bonchev–Trinajstić information content (AvgIpc) is 3.16. The number of aromatic nitrogens is 2. The summed E-state index contributed by atoms with van der Waals surface area (Å²) in [5.74, 6) is 0.631. The molecule has 2 aromatic rings. The molecule has 1 aromatic carbocycles. The molecule has 2 heterocycles. The first-order valence-electron chi connectivity index (χ1n) is 11.0. The third kappa shape index (κ3) is 4.61. The van der Waals surface area contributed by atoms with Crippen LogP contribution in [0.4, 0.5) is 0 Å². The molecule has 1 saturated heterocycles. The lowest BCUT2D eigenvalue weighted by molar-refractivity contribution is 0.0361. The van der Waals surface area contributed by atoms with Crippen molar-refractivity contribution in [3.05, 3.63) is 23.9 Å². The summed E-state index contributed by atoms with van der Waals surface area (Å²) in [5, 5.41) is 18.7. The van der Waals surface area contributed by atoms with Gasteiger partial charge >= 0.3 is 0 Å². The van der Waals surface area contributed by atoms with Gasteiger partial charge in [-0.25, -0.2) is 0 Å². The van der Waals surface area contributed by atoms with E-state index in [0.717, 1.165) is 69.4 Å². The van der Waals surface area contributed by atoms with Crippen molar-refractivity contribution >= 4 is 16.8 Å². The van der Waals surface area contributed by atoms with E-state index in [4.69, 9.17) is 9.47 Å². The van der Waals surface area contributed by atoms with Gasteiger partial charge in [0, 0.05) is 37.5 Å². The van der Waals surface area contributed by atoms with Gasteiger partial charge < -0.3 is 19.9 Å². The van der Waals surface area contributed by atoms with Crippen LogP contribution in [0.3, 0.4) is 0 Å². The van der Waals surface area contributed by atoms with Crippen LogP contribution in [-0.2, 0) is 11.3 Å². The fourth-order valence-corrected chi connectivity index (χ4v) is 4.49. The van der Waals surface area contributed by atoms with Crippen LogP contribution in [0.15, 0.2) is 18.2 Å². The van der Waals surface area contributed by atoms with Crippen molar-refractivity contribution in [2.75, 3.05) is 46.5 Å². The minimum absolute atomic E-state index is 0.118. The minimum Gasteiger partial charge on any atom is -0.494 e. The molecule has 1 saturated carbocycles. The van der Waals surface area contributed by atoms with E-state index >= 15 is 0 Å². The predicted octanol–water partition coefficient (Wildman–Crippen LogP) is 1.66. The number of para-hydroxylation sites is 1. The number of hydrogen-bond donors (Lipinski definition) is 2. The van der Waals surface area contributed by atoms with Crippen molar-refractivity contribution in [3.8, 4) is 5.75 Å².